The zero-order chi connectivity index (χ0) is 12.9. The fourth-order valence-corrected chi connectivity index (χ4v) is 2.98. The Morgan fingerprint density at radius 3 is 2.95 bits per heavy atom. The molecule has 4 rings (SSSR count). The summed E-state index contributed by atoms with van der Waals surface area (Å²) in [4.78, 5) is 0. The van der Waals surface area contributed by atoms with Crippen molar-refractivity contribution in [1.82, 2.24) is 0 Å². The average Bonchev–Trinajstić information content (AvgIpc) is 3.06. The third-order valence-corrected chi connectivity index (χ3v) is 3.97. The van der Waals surface area contributed by atoms with E-state index >= 15 is 0 Å². The van der Waals surface area contributed by atoms with Crippen molar-refractivity contribution in [2.24, 2.45) is 0 Å². The molecule has 19 heavy (non-hydrogen) atoms. The lowest BCUT2D eigenvalue weighted by molar-refractivity contribution is 0.0383. The largest absolute Gasteiger partial charge is 0.469 e. The van der Waals surface area contributed by atoms with E-state index in [1.54, 1.807) is 6.26 Å². The van der Waals surface area contributed by atoms with E-state index < -0.39 is 5.60 Å². The van der Waals surface area contributed by atoms with Crippen LogP contribution in [0, 0.1) is 0 Å². The second-order valence-electron chi connectivity index (χ2n) is 5.12. The maximum Gasteiger partial charge on any atom is 0.150 e. The Labute approximate surface area is 110 Å². The minimum atomic E-state index is -1.06. The summed E-state index contributed by atoms with van der Waals surface area (Å²) >= 11 is 0. The highest BCUT2D eigenvalue weighted by molar-refractivity contribution is 5.78. The SMILES string of the molecule is OC1(c2cc3ccccc3o2)CCCc2occc21. The molecule has 3 aromatic rings. The molecule has 0 saturated carbocycles. The third kappa shape index (κ3) is 1.48. The minimum Gasteiger partial charge on any atom is -0.469 e. The summed E-state index contributed by atoms with van der Waals surface area (Å²) in [6, 6.07) is 11.6. The van der Waals surface area contributed by atoms with E-state index in [0.717, 1.165) is 35.1 Å². The van der Waals surface area contributed by atoms with Crippen LogP contribution in [0.5, 0.6) is 0 Å². The molecule has 3 nitrogen and oxygen atoms in total. The van der Waals surface area contributed by atoms with E-state index in [2.05, 4.69) is 0 Å². The number of aliphatic hydroxyl groups is 1. The van der Waals surface area contributed by atoms with Crippen LogP contribution in [-0.4, -0.2) is 5.11 Å². The van der Waals surface area contributed by atoms with Crippen molar-refractivity contribution in [2.45, 2.75) is 24.9 Å². The molecule has 1 aromatic carbocycles. The van der Waals surface area contributed by atoms with Crippen LogP contribution in [0.15, 0.2) is 51.5 Å². The minimum absolute atomic E-state index is 0.607. The second-order valence-corrected chi connectivity index (χ2v) is 5.12. The number of hydrogen-bond acceptors (Lipinski definition) is 3. The highest BCUT2D eigenvalue weighted by Gasteiger charge is 2.40. The van der Waals surface area contributed by atoms with Crippen molar-refractivity contribution >= 4 is 11.0 Å². The van der Waals surface area contributed by atoms with Crippen LogP contribution in [0.2, 0.25) is 0 Å². The topological polar surface area (TPSA) is 46.5 Å². The summed E-state index contributed by atoms with van der Waals surface area (Å²) in [5, 5.41) is 12.0. The molecule has 96 valence electrons. The number of hydrogen-bond donors (Lipinski definition) is 1. The van der Waals surface area contributed by atoms with Crippen molar-refractivity contribution in [3.63, 3.8) is 0 Å². The molecule has 1 atom stereocenters. The molecule has 3 heteroatoms. The first-order valence-corrected chi connectivity index (χ1v) is 6.56. The van der Waals surface area contributed by atoms with Gasteiger partial charge in [0.05, 0.1) is 6.26 Å². The summed E-state index contributed by atoms with van der Waals surface area (Å²) < 4.78 is 11.3. The van der Waals surface area contributed by atoms with Crippen LogP contribution in [0.25, 0.3) is 11.0 Å². The van der Waals surface area contributed by atoms with Gasteiger partial charge in [-0.1, -0.05) is 18.2 Å². The third-order valence-electron chi connectivity index (χ3n) is 3.97. The van der Waals surface area contributed by atoms with E-state index in [0.29, 0.717) is 12.2 Å². The van der Waals surface area contributed by atoms with Gasteiger partial charge in [-0.25, -0.2) is 0 Å². The Bertz CT molecular complexity index is 704. The molecule has 2 heterocycles. The summed E-state index contributed by atoms with van der Waals surface area (Å²) in [6.07, 6.45) is 4.09. The monoisotopic (exact) mass is 254 g/mol. The van der Waals surface area contributed by atoms with E-state index in [-0.39, 0.29) is 0 Å². The smallest absolute Gasteiger partial charge is 0.150 e. The van der Waals surface area contributed by atoms with Crippen LogP contribution in [-0.2, 0) is 12.0 Å². The molecule has 0 amide bonds. The standard InChI is InChI=1S/C16H14O3/c17-16(8-3-6-14-12(16)7-9-18-14)15-10-11-4-1-2-5-13(11)19-15/h1-2,4-5,7,9-10,17H,3,6,8H2. The van der Waals surface area contributed by atoms with Gasteiger partial charge >= 0.3 is 0 Å². The van der Waals surface area contributed by atoms with Gasteiger partial charge in [0, 0.05) is 17.4 Å². The zero-order valence-electron chi connectivity index (χ0n) is 10.4. The molecule has 0 fully saturated rings. The molecule has 2 aromatic heterocycles. The van der Waals surface area contributed by atoms with Gasteiger partial charge in [-0.3, -0.25) is 0 Å². The highest BCUT2D eigenvalue weighted by Crippen LogP contribution is 2.42. The summed E-state index contributed by atoms with van der Waals surface area (Å²) in [6.45, 7) is 0. The summed E-state index contributed by atoms with van der Waals surface area (Å²) in [5.41, 5.74) is 0.596. The van der Waals surface area contributed by atoms with Crippen LogP contribution in [0.1, 0.15) is 29.9 Å². The highest BCUT2D eigenvalue weighted by atomic mass is 16.4. The van der Waals surface area contributed by atoms with Gasteiger partial charge in [0.1, 0.15) is 17.1 Å². The van der Waals surface area contributed by atoms with E-state index in [1.807, 2.05) is 36.4 Å². The molecule has 0 spiro atoms. The Morgan fingerprint density at radius 2 is 2.05 bits per heavy atom. The number of para-hydroxylation sites is 1. The molecular formula is C16H14O3. The number of furan rings is 2. The lowest BCUT2D eigenvalue weighted by Crippen LogP contribution is -2.30. The van der Waals surface area contributed by atoms with Crippen LogP contribution in [0.4, 0.5) is 0 Å². The number of benzene rings is 1. The van der Waals surface area contributed by atoms with E-state index in [1.165, 1.54) is 0 Å². The first kappa shape index (κ1) is 10.9. The van der Waals surface area contributed by atoms with E-state index in [9.17, 15) is 5.11 Å². The summed E-state index contributed by atoms with van der Waals surface area (Å²) in [7, 11) is 0. The number of aryl methyl sites for hydroxylation is 1. The molecule has 0 saturated heterocycles. The van der Waals surface area contributed by atoms with Crippen molar-refractivity contribution < 1.29 is 13.9 Å². The fraction of sp³-hybridized carbons (Fsp3) is 0.250. The van der Waals surface area contributed by atoms with Gasteiger partial charge in [-0.15, -0.1) is 0 Å². The quantitative estimate of drug-likeness (QED) is 0.721. The predicted molar refractivity (Wildman–Crippen MR) is 70.9 cm³/mol. The Kier molecular flexibility index (Phi) is 2.15. The average molecular weight is 254 g/mol. The molecule has 1 unspecified atom stereocenters. The lowest BCUT2D eigenvalue weighted by Gasteiger charge is -2.29. The zero-order valence-corrected chi connectivity index (χ0v) is 10.4. The molecular weight excluding hydrogens is 240 g/mol. The van der Waals surface area contributed by atoms with Gasteiger partial charge in [-0.05, 0) is 31.0 Å². The number of rotatable bonds is 1. The maximum absolute atomic E-state index is 11.0. The van der Waals surface area contributed by atoms with Crippen molar-refractivity contribution in [1.29, 1.82) is 0 Å². The Balaban J connectivity index is 1.92. The van der Waals surface area contributed by atoms with Crippen LogP contribution >= 0.6 is 0 Å². The normalized spacial score (nSPS) is 22.6. The van der Waals surface area contributed by atoms with Gasteiger partial charge in [0.25, 0.3) is 0 Å². The molecule has 0 radical (unpaired) electrons. The van der Waals surface area contributed by atoms with Gasteiger partial charge in [0.2, 0.25) is 0 Å². The van der Waals surface area contributed by atoms with Crippen molar-refractivity contribution in [3.8, 4) is 0 Å². The number of fused-ring (bicyclic) bond motifs is 2. The van der Waals surface area contributed by atoms with Crippen molar-refractivity contribution in [3.05, 3.63) is 59.7 Å². The molecule has 1 N–H and O–H groups in total. The maximum atomic E-state index is 11.0. The predicted octanol–water partition coefficient (Wildman–Crippen LogP) is 3.60. The molecule has 0 aliphatic heterocycles. The second kappa shape index (κ2) is 3.75. The Morgan fingerprint density at radius 1 is 1.16 bits per heavy atom. The van der Waals surface area contributed by atoms with Gasteiger partial charge < -0.3 is 13.9 Å². The summed E-state index contributed by atoms with van der Waals surface area (Å²) in [5.74, 6) is 1.48. The molecule has 1 aliphatic rings. The van der Waals surface area contributed by atoms with Gasteiger partial charge in [0.15, 0.2) is 5.60 Å². The fourth-order valence-electron chi connectivity index (χ4n) is 2.98. The van der Waals surface area contributed by atoms with Crippen molar-refractivity contribution in [2.75, 3.05) is 0 Å². The van der Waals surface area contributed by atoms with Crippen LogP contribution < -0.4 is 0 Å². The van der Waals surface area contributed by atoms with Crippen LogP contribution in [0.3, 0.4) is 0 Å². The first-order chi connectivity index (χ1) is 9.27. The Hall–Kier alpha value is -2.00. The molecule has 1 aliphatic carbocycles. The molecule has 0 bridgehead atoms. The first-order valence-electron chi connectivity index (χ1n) is 6.56. The lowest BCUT2D eigenvalue weighted by atomic mass is 9.81. The van der Waals surface area contributed by atoms with E-state index in [4.69, 9.17) is 8.83 Å². The van der Waals surface area contributed by atoms with Gasteiger partial charge in [-0.2, -0.15) is 0 Å².